The van der Waals surface area contributed by atoms with Crippen LogP contribution in [0.3, 0.4) is 0 Å². The molecule has 0 aliphatic carbocycles. The molecule has 102 valence electrons. The number of hydrogen-bond acceptors (Lipinski definition) is 1. The Morgan fingerprint density at radius 3 is 1.95 bits per heavy atom. The molecule has 0 aliphatic heterocycles. The molecule has 0 radical (unpaired) electrons. The molecule has 0 saturated heterocycles. The van der Waals surface area contributed by atoms with Gasteiger partial charge in [-0.15, -0.1) is 0 Å². The third kappa shape index (κ3) is 3.00. The second-order valence-electron chi connectivity index (χ2n) is 4.74. The molecule has 3 aromatic rings. The fourth-order valence-electron chi connectivity index (χ4n) is 2.25. The number of aromatic nitrogens is 1. The molecule has 1 heterocycles. The largest absolute Gasteiger partial charge is 0.361 e. The molecule has 0 atom stereocenters. The van der Waals surface area contributed by atoms with Gasteiger partial charge in [0.25, 0.3) is 0 Å². The van der Waals surface area contributed by atoms with Crippen LogP contribution in [-0.2, 0) is 0 Å². The Hall–Kier alpha value is -2.87. The summed E-state index contributed by atoms with van der Waals surface area (Å²) in [7, 11) is 0. The van der Waals surface area contributed by atoms with Gasteiger partial charge in [0, 0.05) is 23.0 Å². The van der Waals surface area contributed by atoms with E-state index < -0.39 is 0 Å². The zero-order valence-electron chi connectivity index (χ0n) is 11.5. The molecule has 1 N–H and O–H groups in total. The second-order valence-corrected chi connectivity index (χ2v) is 4.74. The summed E-state index contributed by atoms with van der Waals surface area (Å²) in [6.07, 6.45) is 3.55. The summed E-state index contributed by atoms with van der Waals surface area (Å²) in [5, 5.41) is 0. The maximum absolute atomic E-state index is 12.4. The van der Waals surface area contributed by atoms with Crippen molar-refractivity contribution in [3.8, 4) is 0 Å². The number of hydrogen-bond donors (Lipinski definition) is 1. The highest BCUT2D eigenvalue weighted by Gasteiger charge is 2.09. The minimum Gasteiger partial charge on any atom is -0.361 e. The van der Waals surface area contributed by atoms with Crippen molar-refractivity contribution in [2.45, 2.75) is 0 Å². The van der Waals surface area contributed by atoms with Crippen LogP contribution in [0, 0.1) is 0 Å². The van der Waals surface area contributed by atoms with E-state index >= 15 is 0 Å². The SMILES string of the molecule is O=C(/C=C(\c1ccccc1)c1ccc[nH]1)c1ccccc1. The summed E-state index contributed by atoms with van der Waals surface area (Å²) in [5.74, 6) is 0.00375. The van der Waals surface area contributed by atoms with Crippen molar-refractivity contribution in [2.75, 3.05) is 0 Å². The van der Waals surface area contributed by atoms with Gasteiger partial charge in [0.1, 0.15) is 0 Å². The van der Waals surface area contributed by atoms with Crippen molar-refractivity contribution < 1.29 is 4.79 Å². The van der Waals surface area contributed by atoms with E-state index in [9.17, 15) is 4.79 Å². The summed E-state index contributed by atoms with van der Waals surface area (Å²) in [5.41, 5.74) is 3.54. The molecule has 0 aliphatic rings. The van der Waals surface area contributed by atoms with E-state index in [0.29, 0.717) is 5.56 Å². The lowest BCUT2D eigenvalue weighted by Crippen LogP contribution is -1.97. The lowest BCUT2D eigenvalue weighted by atomic mass is 9.99. The maximum atomic E-state index is 12.4. The lowest BCUT2D eigenvalue weighted by Gasteiger charge is -2.06. The molecule has 2 nitrogen and oxygen atoms in total. The van der Waals surface area contributed by atoms with Gasteiger partial charge in [-0.1, -0.05) is 60.7 Å². The molecular formula is C19H15NO. The average molecular weight is 273 g/mol. The molecule has 2 heteroatoms. The van der Waals surface area contributed by atoms with Crippen molar-refractivity contribution in [3.05, 3.63) is 102 Å². The van der Waals surface area contributed by atoms with E-state index in [1.54, 1.807) is 6.08 Å². The lowest BCUT2D eigenvalue weighted by molar-refractivity contribution is 0.104. The van der Waals surface area contributed by atoms with Crippen LogP contribution in [0.1, 0.15) is 21.6 Å². The highest BCUT2D eigenvalue weighted by Crippen LogP contribution is 2.22. The van der Waals surface area contributed by atoms with Crippen LogP contribution in [0.2, 0.25) is 0 Å². The van der Waals surface area contributed by atoms with Gasteiger partial charge in [0.15, 0.2) is 5.78 Å². The van der Waals surface area contributed by atoms with Crippen molar-refractivity contribution in [2.24, 2.45) is 0 Å². The topological polar surface area (TPSA) is 32.9 Å². The molecule has 2 aromatic carbocycles. The number of carbonyl (C=O) groups is 1. The van der Waals surface area contributed by atoms with Gasteiger partial charge in [-0.25, -0.2) is 0 Å². The normalized spacial score (nSPS) is 11.3. The molecule has 0 saturated carbocycles. The highest BCUT2D eigenvalue weighted by molar-refractivity contribution is 6.10. The first-order valence-corrected chi connectivity index (χ1v) is 6.85. The van der Waals surface area contributed by atoms with Crippen LogP contribution in [-0.4, -0.2) is 10.8 Å². The van der Waals surface area contributed by atoms with Gasteiger partial charge in [-0.2, -0.15) is 0 Å². The van der Waals surface area contributed by atoms with Crippen LogP contribution in [0.4, 0.5) is 0 Å². The highest BCUT2D eigenvalue weighted by atomic mass is 16.1. The van der Waals surface area contributed by atoms with Crippen molar-refractivity contribution in [3.63, 3.8) is 0 Å². The number of nitrogens with one attached hydrogen (secondary N) is 1. The van der Waals surface area contributed by atoms with E-state index in [-0.39, 0.29) is 5.78 Å². The minimum absolute atomic E-state index is 0.00375. The molecule has 0 spiro atoms. The predicted molar refractivity (Wildman–Crippen MR) is 85.1 cm³/mol. The summed E-state index contributed by atoms with van der Waals surface area (Å²) in [4.78, 5) is 15.6. The zero-order chi connectivity index (χ0) is 14.5. The molecule has 0 bridgehead atoms. The average Bonchev–Trinajstić information content (AvgIpc) is 3.08. The Morgan fingerprint density at radius 1 is 0.762 bits per heavy atom. The Kier molecular flexibility index (Phi) is 3.79. The van der Waals surface area contributed by atoms with Gasteiger partial charge in [-0.3, -0.25) is 4.79 Å². The fraction of sp³-hybridized carbons (Fsp3) is 0. The number of rotatable bonds is 4. The summed E-state index contributed by atoms with van der Waals surface area (Å²) in [6.45, 7) is 0. The molecule has 0 fully saturated rings. The molecule has 0 amide bonds. The molecule has 3 rings (SSSR count). The van der Waals surface area contributed by atoms with Crippen LogP contribution in [0.25, 0.3) is 5.57 Å². The summed E-state index contributed by atoms with van der Waals surface area (Å²) >= 11 is 0. The third-order valence-corrected chi connectivity index (χ3v) is 3.31. The maximum Gasteiger partial charge on any atom is 0.186 e. The van der Waals surface area contributed by atoms with Crippen molar-refractivity contribution in [1.82, 2.24) is 4.98 Å². The van der Waals surface area contributed by atoms with Gasteiger partial charge in [0.2, 0.25) is 0 Å². The van der Waals surface area contributed by atoms with Crippen LogP contribution in [0.15, 0.2) is 85.1 Å². The van der Waals surface area contributed by atoms with E-state index in [4.69, 9.17) is 0 Å². The summed E-state index contributed by atoms with van der Waals surface area (Å²) < 4.78 is 0. The number of carbonyl (C=O) groups excluding carboxylic acids is 1. The smallest absolute Gasteiger partial charge is 0.186 e. The molecule has 1 aromatic heterocycles. The monoisotopic (exact) mass is 273 g/mol. The Balaban J connectivity index is 2.04. The summed E-state index contributed by atoms with van der Waals surface area (Å²) in [6, 6.07) is 23.1. The van der Waals surface area contributed by atoms with Crippen LogP contribution in [0.5, 0.6) is 0 Å². The van der Waals surface area contributed by atoms with Gasteiger partial charge >= 0.3 is 0 Å². The van der Waals surface area contributed by atoms with Crippen LogP contribution < -0.4 is 0 Å². The second kappa shape index (κ2) is 6.06. The van der Waals surface area contributed by atoms with E-state index in [0.717, 1.165) is 16.8 Å². The first-order valence-electron chi connectivity index (χ1n) is 6.85. The fourth-order valence-corrected chi connectivity index (χ4v) is 2.25. The molecule has 21 heavy (non-hydrogen) atoms. The first kappa shape index (κ1) is 13.1. The predicted octanol–water partition coefficient (Wildman–Crippen LogP) is 4.33. The number of benzene rings is 2. The Labute approximate surface area is 123 Å². The van der Waals surface area contributed by atoms with Gasteiger partial charge in [-0.05, 0) is 23.8 Å². The minimum atomic E-state index is 0.00375. The van der Waals surface area contributed by atoms with Crippen molar-refractivity contribution in [1.29, 1.82) is 0 Å². The Bertz CT molecular complexity index is 741. The quantitative estimate of drug-likeness (QED) is 0.557. The van der Waals surface area contributed by atoms with E-state index in [1.807, 2.05) is 79.0 Å². The first-order chi connectivity index (χ1) is 10.3. The number of ketones is 1. The van der Waals surface area contributed by atoms with Crippen LogP contribution >= 0.6 is 0 Å². The van der Waals surface area contributed by atoms with E-state index in [1.165, 1.54) is 0 Å². The number of allylic oxidation sites excluding steroid dienone is 1. The number of H-pyrrole nitrogens is 1. The Morgan fingerprint density at radius 2 is 1.38 bits per heavy atom. The van der Waals surface area contributed by atoms with Crippen molar-refractivity contribution >= 4 is 11.4 Å². The standard InChI is InChI=1S/C19H15NO/c21-19(16-10-5-2-6-11-16)14-17(18-12-7-13-20-18)15-8-3-1-4-9-15/h1-14,20H/b17-14+. The van der Waals surface area contributed by atoms with Gasteiger partial charge < -0.3 is 4.98 Å². The third-order valence-electron chi connectivity index (χ3n) is 3.31. The molecular weight excluding hydrogens is 258 g/mol. The van der Waals surface area contributed by atoms with E-state index in [2.05, 4.69) is 4.98 Å². The molecule has 0 unspecified atom stereocenters. The zero-order valence-corrected chi connectivity index (χ0v) is 11.5. The number of aromatic amines is 1. The van der Waals surface area contributed by atoms with Gasteiger partial charge in [0.05, 0.1) is 0 Å².